The molecule has 0 aliphatic carbocycles. The fourth-order valence-corrected chi connectivity index (χ4v) is 55.9. The maximum absolute atomic E-state index is 3.65. The second kappa shape index (κ2) is 13.1. The van der Waals surface area contributed by atoms with Crippen LogP contribution in [0.3, 0.4) is 0 Å². The van der Waals surface area contributed by atoms with E-state index in [9.17, 15) is 0 Å². The van der Waals surface area contributed by atoms with Gasteiger partial charge in [0.05, 0.1) is 0 Å². The molecule has 0 unspecified atom stereocenters. The van der Waals surface area contributed by atoms with Crippen molar-refractivity contribution in [2.75, 3.05) is 0 Å². The Labute approximate surface area is 271 Å². The summed E-state index contributed by atoms with van der Waals surface area (Å²) in [7, 11) is -3.41. The van der Waals surface area contributed by atoms with Crippen molar-refractivity contribution in [1.82, 2.24) is 5.40 Å². The summed E-state index contributed by atoms with van der Waals surface area (Å²) in [6.07, 6.45) is 21.9. The minimum absolute atomic E-state index is 0.702. The Hall–Kier alpha value is 0.827. The average Bonchev–Trinajstić information content (AvgIpc) is 2.89. The third-order valence-corrected chi connectivity index (χ3v) is 46.1. The molecule has 42 heavy (non-hydrogen) atoms. The van der Waals surface area contributed by atoms with Crippen LogP contribution in [0.4, 0.5) is 0 Å². The van der Waals surface area contributed by atoms with Gasteiger partial charge in [0, 0.05) is 0 Å². The second-order valence-electron chi connectivity index (χ2n) is 17.5. The zero-order chi connectivity index (χ0) is 30.6. The molecular weight excluding hydrogens is 644 g/mol. The van der Waals surface area contributed by atoms with Crippen molar-refractivity contribution in [3.8, 4) is 0 Å². The van der Waals surface area contributed by atoms with E-state index in [2.05, 4.69) is 79.3 Å². The van der Waals surface area contributed by atoms with Gasteiger partial charge in [0.1, 0.15) is 0 Å². The van der Waals surface area contributed by atoms with Gasteiger partial charge in [-0.2, -0.15) is 0 Å². The molecule has 5 rings (SSSR count). The van der Waals surface area contributed by atoms with Gasteiger partial charge in [-0.3, -0.25) is 0 Å². The van der Waals surface area contributed by atoms with Crippen LogP contribution in [0.1, 0.15) is 125 Å². The van der Waals surface area contributed by atoms with E-state index in [1.54, 1.807) is 0 Å². The Morgan fingerprint density at radius 3 is 1.07 bits per heavy atom. The topological polar surface area (TPSA) is 6.48 Å². The van der Waals surface area contributed by atoms with Gasteiger partial charge in [0.2, 0.25) is 0 Å². The Bertz CT molecular complexity index is 926. The quantitative estimate of drug-likeness (QED) is 0.220. The van der Waals surface area contributed by atoms with Crippen LogP contribution < -0.4 is 0 Å². The van der Waals surface area contributed by atoms with Gasteiger partial charge in [-0.05, 0) is 0 Å². The maximum atomic E-state index is 3.65. The fraction of sp³-hybridized carbons (Fsp3) is 0.882. The third kappa shape index (κ3) is 5.67. The first-order valence-electron chi connectivity index (χ1n) is 18.8. The molecule has 5 heterocycles. The Balaban J connectivity index is 1.89. The first-order valence-corrected chi connectivity index (χ1v) is 31.1. The van der Waals surface area contributed by atoms with Crippen molar-refractivity contribution >= 4 is 55.8 Å². The van der Waals surface area contributed by atoms with E-state index in [4.69, 9.17) is 0 Å². The summed E-state index contributed by atoms with van der Waals surface area (Å²) < 4.78 is 11.3. The third-order valence-electron chi connectivity index (χ3n) is 13.3. The molecule has 0 saturated carbocycles. The molecule has 0 aromatic rings. The molecule has 4 saturated heterocycles. The van der Waals surface area contributed by atoms with Crippen LogP contribution in [0.2, 0.25) is 68.9 Å². The van der Waals surface area contributed by atoms with Crippen LogP contribution in [0, 0.1) is 0 Å². The summed E-state index contributed by atoms with van der Waals surface area (Å²) in [5, 5.41) is 0. The van der Waals surface area contributed by atoms with Crippen molar-refractivity contribution in [3.05, 3.63) is 18.1 Å². The van der Waals surface area contributed by atoms with Crippen molar-refractivity contribution in [3.63, 3.8) is 0 Å². The zero-order valence-electron chi connectivity index (χ0n) is 30.0. The van der Waals surface area contributed by atoms with E-state index in [1.807, 2.05) is 18.1 Å². The van der Waals surface area contributed by atoms with E-state index >= 15 is 0 Å². The number of hydrogen-bond donors (Lipinski definition) is 0. The van der Waals surface area contributed by atoms with Crippen molar-refractivity contribution in [1.29, 1.82) is 0 Å². The first-order chi connectivity index (χ1) is 19.8. The van der Waals surface area contributed by atoms with Crippen LogP contribution in [0.5, 0.6) is 0 Å². The number of hydrogen-bond acceptors (Lipinski definition) is 2. The van der Waals surface area contributed by atoms with Crippen LogP contribution in [0.25, 0.3) is 0 Å². The van der Waals surface area contributed by atoms with Gasteiger partial charge in [-0.1, -0.05) is 0 Å². The number of fused-ring (bicyclic) bond motifs is 4. The second-order valence-corrected chi connectivity index (χ2v) is 40.5. The molecule has 234 valence electrons. The monoisotopic (exact) mass is 712 g/mol. The SMILES string of the molecule is CCB1C(CC)=[C](C)[Sn]([N](B2C3CCCC2CCC3)[Si](C)(C)C)([N](B2C3CCCC2CCC3)[Si](C)(C)C)[C](C)=C1CC. The molecule has 0 atom stereocenters. The predicted molar refractivity (Wildman–Crippen MR) is 200 cm³/mol. The summed E-state index contributed by atoms with van der Waals surface area (Å²) >= 11 is -3.62. The molecule has 8 heteroatoms. The fourth-order valence-electron chi connectivity index (χ4n) is 12.2. The molecule has 5 aliphatic heterocycles. The average molecular weight is 711 g/mol. The Morgan fingerprint density at radius 2 is 0.857 bits per heavy atom. The molecular formula is C34H67B3N2Si2Sn. The molecule has 0 spiro atoms. The van der Waals surface area contributed by atoms with Gasteiger partial charge in [0.25, 0.3) is 0 Å². The van der Waals surface area contributed by atoms with Crippen LogP contribution in [-0.4, -0.2) is 61.2 Å². The van der Waals surface area contributed by atoms with E-state index in [0.29, 0.717) is 6.71 Å². The summed E-state index contributed by atoms with van der Waals surface area (Å²) in [6.45, 7) is 32.4. The standard InChI is InChI=1S/C12H21B.2C11H23BNSi.Sn/c1-6-11(7-2)13(10-5)12(8-3)9-4;2*1-14(2,3)13-12-10-6-4-7-11(12)9-5-8-10;/h6,8,10H2,1-5H3;2*10-11H,4-9H2,1-3H3;/q;2*-1;+2. The van der Waals surface area contributed by atoms with Crippen LogP contribution in [-0.2, 0) is 0 Å². The van der Waals surface area contributed by atoms with Gasteiger partial charge in [-0.25, -0.2) is 0 Å². The summed E-state index contributed by atoms with van der Waals surface area (Å²) in [6, 6.07) is 0. The van der Waals surface area contributed by atoms with E-state index < -0.39 is 35.4 Å². The molecule has 2 nitrogen and oxygen atoms in total. The zero-order valence-corrected chi connectivity index (χ0v) is 34.9. The van der Waals surface area contributed by atoms with Gasteiger partial charge < -0.3 is 0 Å². The van der Waals surface area contributed by atoms with Gasteiger partial charge >= 0.3 is 273 Å². The van der Waals surface area contributed by atoms with Crippen LogP contribution in [0.15, 0.2) is 18.1 Å². The van der Waals surface area contributed by atoms with E-state index in [-0.39, 0.29) is 0 Å². The van der Waals surface area contributed by atoms with Crippen molar-refractivity contribution in [2.45, 2.75) is 193 Å². The van der Waals surface area contributed by atoms with E-state index in [1.165, 1.54) is 96.2 Å². The Morgan fingerprint density at radius 1 is 0.571 bits per heavy atom. The molecule has 5 aliphatic rings. The molecule has 0 amide bonds. The normalized spacial score (nSPS) is 30.6. The Kier molecular flexibility index (Phi) is 10.7. The molecule has 4 bridgehead atoms. The molecule has 4 fully saturated rings. The number of allylic oxidation sites excluding steroid dienone is 4. The van der Waals surface area contributed by atoms with Gasteiger partial charge in [-0.15, -0.1) is 0 Å². The molecule has 0 N–H and O–H groups in total. The molecule has 0 radical (unpaired) electrons. The first kappa shape index (κ1) is 34.2. The van der Waals surface area contributed by atoms with Crippen LogP contribution >= 0.6 is 0 Å². The molecule has 0 aromatic carbocycles. The predicted octanol–water partition coefficient (Wildman–Crippen LogP) is 11.0. The number of rotatable bonds is 9. The number of nitrogens with zero attached hydrogens (tertiary/aromatic N) is 2. The summed E-state index contributed by atoms with van der Waals surface area (Å²) in [5.41, 5.74) is 3.84. The van der Waals surface area contributed by atoms with Crippen molar-refractivity contribution < 1.29 is 0 Å². The summed E-state index contributed by atoms with van der Waals surface area (Å²) in [4.78, 5) is 0. The van der Waals surface area contributed by atoms with E-state index in [0.717, 1.165) is 37.0 Å². The van der Waals surface area contributed by atoms with Gasteiger partial charge in [0.15, 0.2) is 0 Å². The summed E-state index contributed by atoms with van der Waals surface area (Å²) in [5.74, 6) is 3.80. The van der Waals surface area contributed by atoms with Crippen molar-refractivity contribution in [2.24, 2.45) is 0 Å². The molecule has 0 aromatic heterocycles. The minimum atomic E-state index is -3.62.